The van der Waals surface area contributed by atoms with E-state index in [2.05, 4.69) is 20.4 Å². The van der Waals surface area contributed by atoms with Gasteiger partial charge >= 0.3 is 6.03 Å². The van der Waals surface area contributed by atoms with Crippen LogP contribution in [0, 0.1) is 6.92 Å². The fourth-order valence-electron chi connectivity index (χ4n) is 3.04. The number of nitrogens with one attached hydrogen (secondary N) is 1. The predicted octanol–water partition coefficient (Wildman–Crippen LogP) is 1.82. The summed E-state index contributed by atoms with van der Waals surface area (Å²) >= 11 is 0. The first-order valence-electron chi connectivity index (χ1n) is 9.36. The minimum Gasteiger partial charge on any atom is -0.396 e. The molecule has 2 amide bonds. The minimum absolute atomic E-state index is 0.126. The van der Waals surface area contributed by atoms with E-state index in [9.17, 15) is 4.79 Å². The molecule has 0 saturated carbocycles. The van der Waals surface area contributed by atoms with Crippen LogP contribution in [0.25, 0.3) is 11.4 Å². The lowest BCUT2D eigenvalue weighted by atomic mass is 10.1. The van der Waals surface area contributed by atoms with Crippen LogP contribution in [0.1, 0.15) is 30.8 Å². The summed E-state index contributed by atoms with van der Waals surface area (Å²) in [4.78, 5) is 20.9. The summed E-state index contributed by atoms with van der Waals surface area (Å²) in [5, 5.41) is 15.9. The largest absolute Gasteiger partial charge is 0.396 e. The van der Waals surface area contributed by atoms with Crippen molar-refractivity contribution in [3.63, 3.8) is 0 Å². The lowest BCUT2D eigenvalue weighted by Gasteiger charge is -2.34. The van der Waals surface area contributed by atoms with Crippen LogP contribution in [-0.2, 0) is 0 Å². The number of aryl methyl sites for hydroxylation is 1. The fourth-order valence-corrected chi connectivity index (χ4v) is 3.04. The first-order valence-corrected chi connectivity index (χ1v) is 9.36. The SMILES string of the molecule is Cc1ccc(-c2noc([C@@H](C)NC(=O)N3CCN(CCCO)CC3)n2)cc1. The van der Waals surface area contributed by atoms with Crippen molar-refractivity contribution in [2.24, 2.45) is 0 Å². The van der Waals surface area contributed by atoms with E-state index in [1.165, 1.54) is 5.56 Å². The molecule has 0 unspecified atom stereocenters. The average molecular weight is 373 g/mol. The molecule has 1 aliphatic heterocycles. The number of urea groups is 1. The molecule has 1 atom stereocenters. The van der Waals surface area contributed by atoms with E-state index in [1.807, 2.05) is 38.1 Å². The molecule has 2 N–H and O–H groups in total. The van der Waals surface area contributed by atoms with E-state index in [4.69, 9.17) is 9.63 Å². The Bertz CT molecular complexity index is 738. The van der Waals surface area contributed by atoms with Gasteiger partial charge in [0, 0.05) is 44.9 Å². The molecule has 0 aliphatic carbocycles. The molecule has 8 nitrogen and oxygen atoms in total. The van der Waals surface area contributed by atoms with Gasteiger partial charge in [-0.25, -0.2) is 4.79 Å². The van der Waals surface area contributed by atoms with Crippen LogP contribution < -0.4 is 5.32 Å². The Hall–Kier alpha value is -2.45. The quantitative estimate of drug-likeness (QED) is 0.802. The zero-order valence-electron chi connectivity index (χ0n) is 15.9. The molecule has 2 heterocycles. The van der Waals surface area contributed by atoms with Crippen molar-refractivity contribution in [3.8, 4) is 11.4 Å². The van der Waals surface area contributed by atoms with Gasteiger partial charge in [-0.1, -0.05) is 35.0 Å². The lowest BCUT2D eigenvalue weighted by molar-refractivity contribution is 0.130. The van der Waals surface area contributed by atoms with Crippen molar-refractivity contribution in [3.05, 3.63) is 35.7 Å². The molecule has 1 aromatic heterocycles. The molecular formula is C19H27N5O3. The maximum atomic E-state index is 12.5. The van der Waals surface area contributed by atoms with Crippen LogP contribution in [0.15, 0.2) is 28.8 Å². The molecular weight excluding hydrogens is 346 g/mol. The van der Waals surface area contributed by atoms with Crippen LogP contribution in [0.2, 0.25) is 0 Å². The molecule has 1 saturated heterocycles. The molecule has 8 heteroatoms. The Balaban J connectivity index is 1.52. The predicted molar refractivity (Wildman–Crippen MR) is 101 cm³/mol. The molecule has 1 aromatic carbocycles. The highest BCUT2D eigenvalue weighted by Crippen LogP contribution is 2.19. The van der Waals surface area contributed by atoms with Crippen molar-refractivity contribution in [1.29, 1.82) is 0 Å². The Morgan fingerprint density at radius 3 is 2.63 bits per heavy atom. The van der Waals surface area contributed by atoms with Gasteiger partial charge in [0.15, 0.2) is 0 Å². The smallest absolute Gasteiger partial charge is 0.318 e. The summed E-state index contributed by atoms with van der Waals surface area (Å²) in [5.41, 5.74) is 2.05. The summed E-state index contributed by atoms with van der Waals surface area (Å²) in [5.74, 6) is 0.907. The van der Waals surface area contributed by atoms with Crippen molar-refractivity contribution in [2.45, 2.75) is 26.3 Å². The summed E-state index contributed by atoms with van der Waals surface area (Å²) in [6.07, 6.45) is 0.768. The number of carbonyl (C=O) groups is 1. The van der Waals surface area contributed by atoms with Gasteiger partial charge in [0.2, 0.25) is 11.7 Å². The third kappa shape index (κ3) is 5.05. The number of nitrogens with zero attached hydrogens (tertiary/aromatic N) is 4. The number of piperazine rings is 1. The monoisotopic (exact) mass is 373 g/mol. The first kappa shape index (κ1) is 19.3. The van der Waals surface area contributed by atoms with Crippen LogP contribution in [-0.4, -0.2) is 70.4 Å². The number of aliphatic hydroxyl groups excluding tert-OH is 1. The molecule has 146 valence electrons. The van der Waals surface area contributed by atoms with Gasteiger partial charge in [-0.3, -0.25) is 4.90 Å². The van der Waals surface area contributed by atoms with Gasteiger partial charge < -0.3 is 19.8 Å². The van der Waals surface area contributed by atoms with Gasteiger partial charge in [-0.15, -0.1) is 0 Å². The zero-order chi connectivity index (χ0) is 19.2. The van der Waals surface area contributed by atoms with Crippen molar-refractivity contribution < 1.29 is 14.4 Å². The average Bonchev–Trinajstić information content (AvgIpc) is 3.17. The highest BCUT2D eigenvalue weighted by molar-refractivity contribution is 5.74. The van der Waals surface area contributed by atoms with Crippen LogP contribution in [0.5, 0.6) is 0 Å². The third-order valence-corrected chi connectivity index (χ3v) is 4.75. The third-order valence-electron chi connectivity index (χ3n) is 4.75. The van der Waals surface area contributed by atoms with E-state index in [1.54, 1.807) is 4.90 Å². The normalized spacial score (nSPS) is 16.3. The highest BCUT2D eigenvalue weighted by Gasteiger charge is 2.24. The fraction of sp³-hybridized carbons (Fsp3) is 0.526. The number of hydrogen-bond donors (Lipinski definition) is 2. The van der Waals surface area contributed by atoms with Crippen LogP contribution >= 0.6 is 0 Å². The van der Waals surface area contributed by atoms with E-state index in [0.717, 1.165) is 31.6 Å². The Morgan fingerprint density at radius 1 is 1.26 bits per heavy atom. The summed E-state index contributed by atoms with van der Waals surface area (Å²) in [6.45, 7) is 7.90. The number of benzene rings is 1. The topological polar surface area (TPSA) is 94.7 Å². The van der Waals surface area contributed by atoms with E-state index < -0.39 is 0 Å². The number of carbonyl (C=O) groups excluding carboxylic acids is 1. The highest BCUT2D eigenvalue weighted by atomic mass is 16.5. The standard InChI is InChI=1S/C19H27N5O3/c1-14-4-6-16(7-5-14)17-21-18(27-22-17)15(2)20-19(26)24-11-9-23(10-12-24)8-3-13-25/h4-7,15,25H,3,8-13H2,1-2H3,(H,20,26)/t15-/m1/s1. The Morgan fingerprint density at radius 2 is 1.96 bits per heavy atom. The van der Waals surface area contributed by atoms with Crippen molar-refractivity contribution in [1.82, 2.24) is 25.3 Å². The second-order valence-corrected chi connectivity index (χ2v) is 6.90. The number of hydrogen-bond acceptors (Lipinski definition) is 6. The zero-order valence-corrected chi connectivity index (χ0v) is 15.9. The van der Waals surface area contributed by atoms with Gasteiger partial charge in [0.25, 0.3) is 0 Å². The molecule has 27 heavy (non-hydrogen) atoms. The summed E-state index contributed by atoms with van der Waals surface area (Å²) in [7, 11) is 0. The summed E-state index contributed by atoms with van der Waals surface area (Å²) in [6, 6.07) is 7.40. The molecule has 0 bridgehead atoms. The van der Waals surface area contributed by atoms with Gasteiger partial charge in [-0.05, 0) is 20.3 Å². The maximum absolute atomic E-state index is 12.5. The first-order chi connectivity index (χ1) is 13.1. The number of rotatable bonds is 6. The van der Waals surface area contributed by atoms with Crippen molar-refractivity contribution in [2.75, 3.05) is 39.3 Å². The number of amides is 2. The summed E-state index contributed by atoms with van der Waals surface area (Å²) < 4.78 is 5.33. The Labute approximate surface area is 159 Å². The van der Waals surface area contributed by atoms with E-state index in [0.29, 0.717) is 24.8 Å². The molecule has 1 aliphatic rings. The molecule has 2 aromatic rings. The van der Waals surface area contributed by atoms with Gasteiger partial charge in [0.05, 0.1) is 0 Å². The number of aliphatic hydroxyl groups is 1. The van der Waals surface area contributed by atoms with E-state index in [-0.39, 0.29) is 18.7 Å². The van der Waals surface area contributed by atoms with Crippen LogP contribution in [0.3, 0.4) is 0 Å². The molecule has 3 rings (SSSR count). The van der Waals surface area contributed by atoms with E-state index >= 15 is 0 Å². The molecule has 0 radical (unpaired) electrons. The molecule has 1 fully saturated rings. The Kier molecular flexibility index (Phi) is 6.41. The minimum atomic E-state index is -0.364. The second kappa shape index (κ2) is 8.96. The maximum Gasteiger partial charge on any atom is 0.318 e. The number of aromatic nitrogens is 2. The van der Waals surface area contributed by atoms with Gasteiger partial charge in [-0.2, -0.15) is 4.98 Å². The van der Waals surface area contributed by atoms with Gasteiger partial charge in [0.1, 0.15) is 6.04 Å². The van der Waals surface area contributed by atoms with Crippen LogP contribution in [0.4, 0.5) is 4.79 Å². The molecule has 0 spiro atoms. The van der Waals surface area contributed by atoms with Crippen molar-refractivity contribution >= 4 is 6.03 Å². The lowest BCUT2D eigenvalue weighted by Crippen LogP contribution is -2.52. The second-order valence-electron chi connectivity index (χ2n) is 6.90.